The number of benzene rings is 2. The van der Waals surface area contributed by atoms with Gasteiger partial charge in [-0.05, 0) is 69.5 Å². The number of para-hydroxylation sites is 1. The van der Waals surface area contributed by atoms with Crippen LogP contribution in [-0.2, 0) is 14.3 Å². The third kappa shape index (κ3) is 7.58. The zero-order valence-corrected chi connectivity index (χ0v) is 21.4. The maximum atomic E-state index is 13.6. The Labute approximate surface area is 211 Å². The summed E-state index contributed by atoms with van der Waals surface area (Å²) in [7, 11) is 0. The van der Waals surface area contributed by atoms with Gasteiger partial charge in [-0.25, -0.2) is 4.79 Å². The molecule has 0 heterocycles. The summed E-state index contributed by atoms with van der Waals surface area (Å²) >= 11 is 0. The van der Waals surface area contributed by atoms with E-state index in [0.717, 1.165) is 5.56 Å². The summed E-state index contributed by atoms with van der Waals surface area (Å²) in [4.78, 5) is 40.7. The number of aryl methyl sites for hydroxylation is 2. The molecule has 0 aliphatic heterocycles. The summed E-state index contributed by atoms with van der Waals surface area (Å²) in [6, 6.07) is 9.27. The number of alkyl carbamates (subject to hydrolysis) is 1. The minimum absolute atomic E-state index is 0.0400. The molecule has 0 saturated heterocycles. The first-order valence-electron chi connectivity index (χ1n) is 11.6. The first-order valence-corrected chi connectivity index (χ1v) is 11.6. The van der Waals surface area contributed by atoms with Crippen molar-refractivity contribution in [3.8, 4) is 5.75 Å². The van der Waals surface area contributed by atoms with Crippen LogP contribution in [0.15, 0.2) is 55.1 Å². The second kappa shape index (κ2) is 12.2. The standard InChI is InChI=1S/C27H35N3O6/c1-7-14-30(25(34)21(16-31)29-26(35)36-27(4,5)6)23(19-12-13-22(32)18(3)15-19)24(33)28-20-11-9-8-10-17(20)2/h7-13,15,21,23,31-32H,1,14,16H2,2-6H3,(H,28,33)(H,29,35). The highest BCUT2D eigenvalue weighted by Gasteiger charge is 2.36. The number of phenolic OH excluding ortho intramolecular Hbond substituents is 1. The van der Waals surface area contributed by atoms with E-state index in [1.165, 1.54) is 17.0 Å². The largest absolute Gasteiger partial charge is 0.508 e. The van der Waals surface area contributed by atoms with E-state index in [4.69, 9.17) is 4.74 Å². The number of aliphatic hydroxyl groups excluding tert-OH is 1. The predicted molar refractivity (Wildman–Crippen MR) is 138 cm³/mol. The summed E-state index contributed by atoms with van der Waals surface area (Å²) in [5.41, 5.74) is 1.53. The van der Waals surface area contributed by atoms with Gasteiger partial charge in [0.25, 0.3) is 5.91 Å². The van der Waals surface area contributed by atoms with Gasteiger partial charge >= 0.3 is 6.09 Å². The number of ether oxygens (including phenoxy) is 1. The lowest BCUT2D eigenvalue weighted by molar-refractivity contribution is -0.140. The third-order valence-corrected chi connectivity index (χ3v) is 5.28. The van der Waals surface area contributed by atoms with Crippen molar-refractivity contribution >= 4 is 23.6 Å². The van der Waals surface area contributed by atoms with E-state index >= 15 is 0 Å². The van der Waals surface area contributed by atoms with Gasteiger partial charge in [-0.2, -0.15) is 0 Å². The number of carbonyl (C=O) groups is 3. The summed E-state index contributed by atoms with van der Waals surface area (Å²) in [6.45, 7) is 11.5. The van der Waals surface area contributed by atoms with Crippen LogP contribution < -0.4 is 10.6 Å². The van der Waals surface area contributed by atoms with Crippen LogP contribution in [0.5, 0.6) is 5.75 Å². The molecule has 2 aromatic carbocycles. The molecule has 0 aliphatic carbocycles. The highest BCUT2D eigenvalue weighted by molar-refractivity contribution is 5.99. The number of hydrogen-bond donors (Lipinski definition) is 4. The van der Waals surface area contributed by atoms with E-state index in [1.54, 1.807) is 52.0 Å². The van der Waals surface area contributed by atoms with Gasteiger partial charge in [0.2, 0.25) is 5.91 Å². The van der Waals surface area contributed by atoms with E-state index in [9.17, 15) is 24.6 Å². The lowest BCUT2D eigenvalue weighted by atomic mass is 10.00. The first-order chi connectivity index (χ1) is 16.9. The van der Waals surface area contributed by atoms with Gasteiger partial charge in [-0.15, -0.1) is 6.58 Å². The molecule has 36 heavy (non-hydrogen) atoms. The molecular formula is C27H35N3O6. The fraction of sp³-hybridized carbons (Fsp3) is 0.370. The molecule has 2 aromatic rings. The first kappa shape index (κ1) is 28.4. The lowest BCUT2D eigenvalue weighted by Gasteiger charge is -2.33. The second-order valence-corrected chi connectivity index (χ2v) is 9.41. The number of nitrogens with zero attached hydrogens (tertiary/aromatic N) is 1. The van der Waals surface area contributed by atoms with Gasteiger partial charge in [0, 0.05) is 12.2 Å². The van der Waals surface area contributed by atoms with E-state index in [1.807, 2.05) is 19.1 Å². The fourth-order valence-electron chi connectivity index (χ4n) is 3.53. The molecule has 0 bridgehead atoms. The average Bonchev–Trinajstić information content (AvgIpc) is 2.79. The Morgan fingerprint density at radius 1 is 1.11 bits per heavy atom. The molecule has 9 heteroatoms. The van der Waals surface area contributed by atoms with Crippen molar-refractivity contribution in [1.29, 1.82) is 0 Å². The molecule has 0 fully saturated rings. The third-order valence-electron chi connectivity index (χ3n) is 5.28. The number of nitrogens with one attached hydrogen (secondary N) is 2. The highest BCUT2D eigenvalue weighted by Crippen LogP contribution is 2.28. The van der Waals surface area contributed by atoms with Crippen molar-refractivity contribution in [2.24, 2.45) is 0 Å². The van der Waals surface area contributed by atoms with Crippen LogP contribution in [0.25, 0.3) is 0 Å². The van der Waals surface area contributed by atoms with Crippen LogP contribution in [0.4, 0.5) is 10.5 Å². The van der Waals surface area contributed by atoms with Crippen LogP contribution in [0, 0.1) is 13.8 Å². The molecule has 0 saturated carbocycles. The van der Waals surface area contributed by atoms with Crippen molar-refractivity contribution in [2.75, 3.05) is 18.5 Å². The molecule has 0 aromatic heterocycles. The molecule has 4 N–H and O–H groups in total. The van der Waals surface area contributed by atoms with E-state index in [-0.39, 0.29) is 12.3 Å². The minimum atomic E-state index is -1.37. The van der Waals surface area contributed by atoms with Crippen LogP contribution >= 0.6 is 0 Å². The van der Waals surface area contributed by atoms with Gasteiger partial charge in [-0.3, -0.25) is 9.59 Å². The molecule has 0 spiro atoms. The SMILES string of the molecule is C=CCN(C(=O)C(CO)NC(=O)OC(C)(C)C)C(C(=O)Nc1ccccc1C)c1ccc(O)c(C)c1. The fourth-order valence-corrected chi connectivity index (χ4v) is 3.53. The Morgan fingerprint density at radius 2 is 1.78 bits per heavy atom. The Morgan fingerprint density at radius 3 is 2.33 bits per heavy atom. The van der Waals surface area contributed by atoms with Crippen molar-refractivity contribution in [3.05, 3.63) is 71.8 Å². The van der Waals surface area contributed by atoms with Crippen LogP contribution in [-0.4, -0.2) is 57.8 Å². The number of hydrogen-bond acceptors (Lipinski definition) is 6. The second-order valence-electron chi connectivity index (χ2n) is 9.41. The van der Waals surface area contributed by atoms with Crippen molar-refractivity contribution in [1.82, 2.24) is 10.2 Å². The maximum absolute atomic E-state index is 13.6. The number of anilines is 1. The molecule has 194 valence electrons. The van der Waals surface area contributed by atoms with E-state index in [0.29, 0.717) is 16.8 Å². The predicted octanol–water partition coefficient (Wildman–Crippen LogP) is 3.59. The van der Waals surface area contributed by atoms with Gasteiger partial charge in [0.05, 0.1) is 6.61 Å². The van der Waals surface area contributed by atoms with Gasteiger partial charge < -0.3 is 30.5 Å². The monoisotopic (exact) mass is 497 g/mol. The van der Waals surface area contributed by atoms with E-state index < -0.39 is 42.2 Å². The summed E-state index contributed by atoms with van der Waals surface area (Å²) in [6.07, 6.45) is 0.566. The number of aromatic hydroxyl groups is 1. The summed E-state index contributed by atoms with van der Waals surface area (Å²) in [5.74, 6) is -1.18. The van der Waals surface area contributed by atoms with Gasteiger partial charge in [-0.1, -0.05) is 30.3 Å². The Hall–Kier alpha value is -3.85. The smallest absolute Gasteiger partial charge is 0.408 e. The Bertz CT molecular complexity index is 1110. The number of phenols is 1. The zero-order chi connectivity index (χ0) is 27.0. The van der Waals surface area contributed by atoms with Gasteiger partial charge in [0.15, 0.2) is 0 Å². The molecule has 0 radical (unpaired) electrons. The molecule has 9 nitrogen and oxygen atoms in total. The average molecular weight is 498 g/mol. The molecular weight excluding hydrogens is 462 g/mol. The van der Waals surface area contributed by atoms with E-state index in [2.05, 4.69) is 17.2 Å². The zero-order valence-electron chi connectivity index (χ0n) is 21.4. The number of carbonyl (C=O) groups excluding carboxylic acids is 3. The van der Waals surface area contributed by atoms with Crippen molar-refractivity contribution < 1.29 is 29.3 Å². The Balaban J connectivity index is 2.49. The molecule has 2 atom stereocenters. The van der Waals surface area contributed by atoms with Gasteiger partial charge in [0.1, 0.15) is 23.4 Å². The molecule has 2 rings (SSSR count). The minimum Gasteiger partial charge on any atom is -0.508 e. The maximum Gasteiger partial charge on any atom is 0.408 e. The summed E-state index contributed by atoms with van der Waals surface area (Å²) in [5, 5.41) is 25.2. The molecule has 3 amide bonds. The topological polar surface area (TPSA) is 128 Å². The molecule has 0 aliphatic rings. The normalized spacial score (nSPS) is 12.7. The number of amides is 3. The van der Waals surface area contributed by atoms with Crippen molar-refractivity contribution in [3.63, 3.8) is 0 Å². The van der Waals surface area contributed by atoms with Crippen molar-refractivity contribution in [2.45, 2.75) is 52.3 Å². The molecule has 2 unspecified atom stereocenters. The van der Waals surface area contributed by atoms with Crippen LogP contribution in [0.2, 0.25) is 0 Å². The van der Waals surface area contributed by atoms with Crippen LogP contribution in [0.1, 0.15) is 43.5 Å². The summed E-state index contributed by atoms with van der Waals surface area (Å²) < 4.78 is 5.21. The van der Waals surface area contributed by atoms with Crippen LogP contribution in [0.3, 0.4) is 0 Å². The number of aliphatic hydroxyl groups is 1. The quantitative estimate of drug-likeness (QED) is 0.392. The Kier molecular flexibility index (Phi) is 9.63. The lowest BCUT2D eigenvalue weighted by Crippen LogP contribution is -2.53. The number of rotatable bonds is 9. The highest BCUT2D eigenvalue weighted by atomic mass is 16.6.